The predicted molar refractivity (Wildman–Crippen MR) is 148 cm³/mol. The fourth-order valence-corrected chi connectivity index (χ4v) is 6.83. The van der Waals surface area contributed by atoms with Crippen LogP contribution in [0.1, 0.15) is 49.0 Å². The molecule has 2 aliphatic heterocycles. The van der Waals surface area contributed by atoms with Crippen molar-refractivity contribution in [3.8, 4) is 5.75 Å². The van der Waals surface area contributed by atoms with Crippen molar-refractivity contribution in [3.63, 3.8) is 0 Å². The maximum atomic E-state index is 13.9. The highest BCUT2D eigenvalue weighted by Crippen LogP contribution is 2.35. The Kier molecular flexibility index (Phi) is 7.32. The SMILES string of the molecule is COc1ccc2cc3n(c2c1)C[C@](C)(C(=O)NCCCN1C[C@H](C)C[C@@H](C)C1)N(Cc1cccs1)C3=O. The first-order valence-electron chi connectivity index (χ1n) is 13.3. The van der Waals surface area contributed by atoms with E-state index in [0.717, 1.165) is 59.4 Å². The van der Waals surface area contributed by atoms with Gasteiger partial charge in [-0.2, -0.15) is 0 Å². The summed E-state index contributed by atoms with van der Waals surface area (Å²) in [6, 6.07) is 11.7. The van der Waals surface area contributed by atoms with Gasteiger partial charge in [0.2, 0.25) is 5.91 Å². The zero-order valence-electron chi connectivity index (χ0n) is 22.3. The number of likely N-dealkylation sites (tertiary alicyclic amines) is 1. The van der Waals surface area contributed by atoms with Crippen molar-refractivity contribution in [3.05, 3.63) is 52.3 Å². The number of thiophene rings is 1. The molecular formula is C29H38N4O3S. The molecule has 2 amide bonds. The zero-order chi connectivity index (χ0) is 26.2. The molecule has 0 unspecified atom stereocenters. The van der Waals surface area contributed by atoms with Crippen molar-refractivity contribution < 1.29 is 14.3 Å². The van der Waals surface area contributed by atoms with E-state index in [1.54, 1.807) is 23.3 Å². The maximum Gasteiger partial charge on any atom is 0.271 e. The Hall–Kier alpha value is -2.84. The molecule has 1 saturated heterocycles. The lowest BCUT2D eigenvalue weighted by molar-refractivity contribution is -0.133. The van der Waals surface area contributed by atoms with Gasteiger partial charge in [0, 0.05) is 36.0 Å². The van der Waals surface area contributed by atoms with Crippen molar-refractivity contribution in [1.82, 2.24) is 19.7 Å². The van der Waals surface area contributed by atoms with Crippen LogP contribution in [-0.2, 0) is 17.9 Å². The van der Waals surface area contributed by atoms with Crippen LogP contribution in [0.2, 0.25) is 0 Å². The molecule has 5 rings (SSSR count). The van der Waals surface area contributed by atoms with Gasteiger partial charge in [-0.3, -0.25) is 9.59 Å². The monoisotopic (exact) mass is 522 g/mol. The lowest BCUT2D eigenvalue weighted by atomic mass is 9.92. The third kappa shape index (κ3) is 5.14. The van der Waals surface area contributed by atoms with E-state index in [1.165, 1.54) is 6.42 Å². The first-order valence-corrected chi connectivity index (χ1v) is 14.2. The summed E-state index contributed by atoms with van der Waals surface area (Å²) in [7, 11) is 1.64. The second kappa shape index (κ2) is 10.5. The number of amides is 2. The van der Waals surface area contributed by atoms with Gasteiger partial charge in [-0.25, -0.2) is 0 Å². The lowest BCUT2D eigenvalue weighted by Gasteiger charge is -2.44. The Bertz CT molecular complexity index is 1260. The van der Waals surface area contributed by atoms with Gasteiger partial charge >= 0.3 is 0 Å². The Morgan fingerprint density at radius 2 is 1.97 bits per heavy atom. The van der Waals surface area contributed by atoms with E-state index < -0.39 is 5.54 Å². The minimum atomic E-state index is -1.02. The summed E-state index contributed by atoms with van der Waals surface area (Å²) >= 11 is 1.61. The molecule has 4 heterocycles. The molecule has 198 valence electrons. The third-order valence-corrected chi connectivity index (χ3v) is 8.76. The average Bonchev–Trinajstić information content (AvgIpc) is 3.51. The van der Waals surface area contributed by atoms with Gasteiger partial charge in [0.15, 0.2) is 0 Å². The topological polar surface area (TPSA) is 66.8 Å². The molecule has 0 radical (unpaired) electrons. The normalized spacial score (nSPS) is 24.3. The number of carbonyl (C=O) groups excluding carboxylic acids is 2. The first-order chi connectivity index (χ1) is 17.8. The molecule has 0 bridgehead atoms. The molecule has 7 nitrogen and oxygen atoms in total. The summed E-state index contributed by atoms with van der Waals surface area (Å²) in [6.45, 7) is 11.2. The van der Waals surface area contributed by atoms with Gasteiger partial charge in [0.25, 0.3) is 5.91 Å². The average molecular weight is 523 g/mol. The Morgan fingerprint density at radius 3 is 2.68 bits per heavy atom. The number of nitrogens with one attached hydrogen (secondary N) is 1. The van der Waals surface area contributed by atoms with Gasteiger partial charge in [-0.05, 0) is 67.8 Å². The summed E-state index contributed by atoms with van der Waals surface area (Å²) < 4.78 is 7.43. The van der Waals surface area contributed by atoms with Gasteiger partial charge < -0.3 is 24.4 Å². The third-order valence-electron chi connectivity index (χ3n) is 7.90. The minimum Gasteiger partial charge on any atom is -0.497 e. The van der Waals surface area contributed by atoms with E-state index in [1.807, 2.05) is 53.3 Å². The Morgan fingerprint density at radius 1 is 1.19 bits per heavy atom. The van der Waals surface area contributed by atoms with Crippen LogP contribution in [0.25, 0.3) is 10.9 Å². The molecule has 0 aliphatic carbocycles. The van der Waals surface area contributed by atoms with E-state index in [2.05, 4.69) is 24.1 Å². The number of aromatic nitrogens is 1. The summed E-state index contributed by atoms with van der Waals surface area (Å²) in [5, 5.41) is 6.16. The van der Waals surface area contributed by atoms with Crippen LogP contribution in [0, 0.1) is 11.8 Å². The van der Waals surface area contributed by atoms with Crippen molar-refractivity contribution >= 4 is 34.1 Å². The van der Waals surface area contributed by atoms with Crippen molar-refractivity contribution in [2.75, 3.05) is 33.3 Å². The second-order valence-corrected chi connectivity index (χ2v) is 12.1. The Balaban J connectivity index is 1.36. The summed E-state index contributed by atoms with van der Waals surface area (Å²) in [5.74, 6) is 1.95. The number of ether oxygens (including phenoxy) is 1. The van der Waals surface area contributed by atoms with Gasteiger partial charge in [-0.15, -0.1) is 11.3 Å². The molecular weight excluding hydrogens is 484 g/mol. The zero-order valence-corrected chi connectivity index (χ0v) is 23.1. The van der Waals surface area contributed by atoms with Crippen molar-refractivity contribution in [2.45, 2.75) is 52.2 Å². The summed E-state index contributed by atoms with van der Waals surface area (Å²) in [5.41, 5.74) is 0.501. The van der Waals surface area contributed by atoms with E-state index in [4.69, 9.17) is 4.74 Å². The highest BCUT2D eigenvalue weighted by Gasteiger charge is 2.47. The molecule has 37 heavy (non-hydrogen) atoms. The maximum absolute atomic E-state index is 13.9. The molecule has 0 saturated carbocycles. The number of hydrogen-bond donors (Lipinski definition) is 1. The van der Waals surface area contributed by atoms with Gasteiger partial charge in [0.05, 0.1) is 25.7 Å². The van der Waals surface area contributed by atoms with Gasteiger partial charge in [-0.1, -0.05) is 19.9 Å². The van der Waals surface area contributed by atoms with Crippen molar-refractivity contribution in [1.29, 1.82) is 0 Å². The molecule has 2 aromatic heterocycles. The lowest BCUT2D eigenvalue weighted by Crippen LogP contribution is -2.63. The minimum absolute atomic E-state index is 0.104. The van der Waals surface area contributed by atoms with Crippen LogP contribution in [0.5, 0.6) is 5.75 Å². The summed E-state index contributed by atoms with van der Waals surface area (Å²) in [4.78, 5) is 33.0. The van der Waals surface area contributed by atoms with E-state index >= 15 is 0 Å². The number of piperidine rings is 1. The molecule has 0 spiro atoms. The fraction of sp³-hybridized carbons (Fsp3) is 0.517. The number of benzene rings is 1. The number of nitrogens with zero attached hydrogens (tertiary/aromatic N) is 3. The molecule has 3 aromatic rings. The standard InChI is InChI=1S/C29H38N4O3S/c1-20-13-21(2)17-31(16-20)11-6-10-30-28(35)29(3)19-32-25-15-23(36-4)9-8-22(25)14-26(32)27(34)33(29)18-24-7-5-12-37-24/h5,7-9,12,14-15,20-21H,6,10-11,13,16-19H2,1-4H3,(H,30,35)/t20-,21-,29-/m1/s1. The predicted octanol–water partition coefficient (Wildman–Crippen LogP) is 4.61. The van der Waals surface area contributed by atoms with E-state index in [-0.39, 0.29) is 11.8 Å². The van der Waals surface area contributed by atoms with Crippen LogP contribution < -0.4 is 10.1 Å². The molecule has 2 aliphatic rings. The number of hydrogen-bond acceptors (Lipinski definition) is 5. The number of rotatable bonds is 8. The molecule has 3 atom stereocenters. The van der Waals surface area contributed by atoms with Crippen LogP contribution in [-0.4, -0.2) is 65.0 Å². The number of carbonyl (C=O) groups is 2. The largest absolute Gasteiger partial charge is 0.497 e. The highest BCUT2D eigenvalue weighted by molar-refractivity contribution is 7.09. The molecule has 1 fully saturated rings. The van der Waals surface area contributed by atoms with Crippen LogP contribution in [0.4, 0.5) is 0 Å². The number of methoxy groups -OCH3 is 1. The molecule has 1 aromatic carbocycles. The Labute approximate surface area is 223 Å². The van der Waals surface area contributed by atoms with E-state index in [0.29, 0.717) is 25.3 Å². The van der Waals surface area contributed by atoms with Crippen LogP contribution in [0.15, 0.2) is 41.8 Å². The molecule has 8 heteroatoms. The van der Waals surface area contributed by atoms with E-state index in [9.17, 15) is 9.59 Å². The molecule has 1 N–H and O–H groups in total. The first kappa shape index (κ1) is 25.8. The fourth-order valence-electron chi connectivity index (χ4n) is 6.13. The summed E-state index contributed by atoms with van der Waals surface area (Å²) in [6.07, 6.45) is 2.19. The van der Waals surface area contributed by atoms with Gasteiger partial charge in [0.1, 0.15) is 17.0 Å². The second-order valence-electron chi connectivity index (χ2n) is 11.1. The highest BCUT2D eigenvalue weighted by atomic mass is 32.1. The van der Waals surface area contributed by atoms with Crippen LogP contribution in [0.3, 0.4) is 0 Å². The van der Waals surface area contributed by atoms with Crippen LogP contribution >= 0.6 is 11.3 Å². The number of fused-ring (bicyclic) bond motifs is 3. The smallest absolute Gasteiger partial charge is 0.271 e. The van der Waals surface area contributed by atoms with Crippen molar-refractivity contribution in [2.24, 2.45) is 11.8 Å². The quantitative estimate of drug-likeness (QED) is 0.439.